The first-order valence-corrected chi connectivity index (χ1v) is 8.33. The fourth-order valence-electron chi connectivity index (χ4n) is 3.10. The molecule has 1 aliphatic carbocycles. The average Bonchev–Trinajstić information content (AvgIpc) is 2.39. The van der Waals surface area contributed by atoms with Gasteiger partial charge in [0.1, 0.15) is 5.82 Å². The molecule has 0 saturated heterocycles. The van der Waals surface area contributed by atoms with Crippen molar-refractivity contribution in [3.05, 3.63) is 34.1 Å². The van der Waals surface area contributed by atoms with E-state index >= 15 is 0 Å². The summed E-state index contributed by atoms with van der Waals surface area (Å²) in [6, 6.07) is 5.45. The van der Waals surface area contributed by atoms with Gasteiger partial charge in [0.15, 0.2) is 0 Å². The molecule has 20 heavy (non-hydrogen) atoms. The topological polar surface area (TPSA) is 12.0 Å². The highest BCUT2D eigenvalue weighted by Gasteiger charge is 2.29. The van der Waals surface area contributed by atoms with Gasteiger partial charge in [0, 0.05) is 17.1 Å². The van der Waals surface area contributed by atoms with Crippen LogP contribution in [0.25, 0.3) is 0 Å². The molecule has 1 nitrogen and oxygen atoms in total. The van der Waals surface area contributed by atoms with Crippen LogP contribution < -0.4 is 5.32 Å². The predicted molar refractivity (Wildman–Crippen MR) is 86.1 cm³/mol. The van der Waals surface area contributed by atoms with Gasteiger partial charge in [-0.25, -0.2) is 4.39 Å². The highest BCUT2D eigenvalue weighted by molar-refractivity contribution is 9.10. The van der Waals surface area contributed by atoms with Crippen LogP contribution >= 0.6 is 15.9 Å². The molecule has 1 aromatic rings. The summed E-state index contributed by atoms with van der Waals surface area (Å²) in [5, 5.41) is 3.58. The minimum absolute atomic E-state index is 0.165. The van der Waals surface area contributed by atoms with Crippen LogP contribution in [0.4, 0.5) is 4.39 Å². The third-order valence-corrected chi connectivity index (χ3v) is 5.31. The van der Waals surface area contributed by atoms with E-state index in [-0.39, 0.29) is 5.82 Å². The van der Waals surface area contributed by atoms with Crippen molar-refractivity contribution in [2.45, 2.75) is 59.0 Å². The lowest BCUT2D eigenvalue weighted by molar-refractivity contribution is 0.160. The molecule has 0 radical (unpaired) electrons. The normalized spacial score (nSPS) is 23.9. The predicted octanol–water partition coefficient (Wildman–Crippen LogP) is 5.28. The molecular weight excluding hydrogens is 317 g/mol. The molecule has 0 aliphatic heterocycles. The SMILES string of the molecule is CC(C)(C)C1CCC(NCc2cc(F)ccc2Br)CC1. The van der Waals surface area contributed by atoms with Crippen LogP contribution in [0.3, 0.4) is 0 Å². The quantitative estimate of drug-likeness (QED) is 0.788. The summed E-state index contributed by atoms with van der Waals surface area (Å²) in [5.74, 6) is 0.669. The summed E-state index contributed by atoms with van der Waals surface area (Å²) < 4.78 is 14.2. The average molecular weight is 342 g/mol. The maximum Gasteiger partial charge on any atom is 0.123 e. The standard InChI is InChI=1S/C17H25BrFN/c1-17(2,3)13-4-7-15(8-5-13)20-11-12-10-14(19)6-9-16(12)18/h6,9-10,13,15,20H,4-5,7-8,11H2,1-3H3. The number of hydrogen-bond donors (Lipinski definition) is 1. The van der Waals surface area contributed by atoms with Crippen LogP contribution in [0.2, 0.25) is 0 Å². The van der Waals surface area contributed by atoms with Gasteiger partial charge in [0.2, 0.25) is 0 Å². The second-order valence-corrected chi connectivity index (χ2v) is 7.89. The van der Waals surface area contributed by atoms with Crippen molar-refractivity contribution in [1.82, 2.24) is 5.32 Å². The van der Waals surface area contributed by atoms with E-state index in [9.17, 15) is 4.39 Å². The summed E-state index contributed by atoms with van der Waals surface area (Å²) >= 11 is 3.48. The van der Waals surface area contributed by atoms with Crippen LogP contribution in [-0.2, 0) is 6.54 Å². The zero-order valence-electron chi connectivity index (χ0n) is 12.7. The zero-order valence-corrected chi connectivity index (χ0v) is 14.3. The third-order valence-electron chi connectivity index (χ3n) is 4.54. The smallest absolute Gasteiger partial charge is 0.123 e. The van der Waals surface area contributed by atoms with Crippen molar-refractivity contribution < 1.29 is 4.39 Å². The Bertz CT molecular complexity index is 445. The van der Waals surface area contributed by atoms with Gasteiger partial charge in [0.05, 0.1) is 0 Å². The van der Waals surface area contributed by atoms with E-state index in [1.54, 1.807) is 12.1 Å². The Morgan fingerprint density at radius 3 is 2.45 bits per heavy atom. The van der Waals surface area contributed by atoms with E-state index < -0.39 is 0 Å². The Labute approximate surface area is 130 Å². The summed E-state index contributed by atoms with van der Waals surface area (Å²) in [6.45, 7) is 7.77. The molecule has 1 N–H and O–H groups in total. The van der Waals surface area contributed by atoms with E-state index in [2.05, 4.69) is 42.0 Å². The minimum atomic E-state index is -0.165. The molecule has 3 heteroatoms. The first-order chi connectivity index (χ1) is 9.36. The number of hydrogen-bond acceptors (Lipinski definition) is 1. The van der Waals surface area contributed by atoms with Gasteiger partial charge in [-0.05, 0) is 60.8 Å². The van der Waals surface area contributed by atoms with Crippen molar-refractivity contribution in [1.29, 1.82) is 0 Å². The molecule has 0 unspecified atom stereocenters. The first-order valence-electron chi connectivity index (χ1n) is 7.53. The van der Waals surface area contributed by atoms with E-state index in [4.69, 9.17) is 0 Å². The van der Waals surface area contributed by atoms with Crippen molar-refractivity contribution in [3.8, 4) is 0 Å². The molecule has 1 aromatic carbocycles. The molecule has 1 fully saturated rings. The highest BCUT2D eigenvalue weighted by atomic mass is 79.9. The molecule has 0 bridgehead atoms. The molecule has 1 saturated carbocycles. The molecule has 0 heterocycles. The van der Waals surface area contributed by atoms with Gasteiger partial charge in [0.25, 0.3) is 0 Å². The Balaban J connectivity index is 1.83. The van der Waals surface area contributed by atoms with E-state index in [0.717, 1.165) is 22.5 Å². The van der Waals surface area contributed by atoms with Crippen molar-refractivity contribution >= 4 is 15.9 Å². The Morgan fingerprint density at radius 2 is 1.85 bits per heavy atom. The van der Waals surface area contributed by atoms with Gasteiger partial charge < -0.3 is 5.32 Å². The summed E-state index contributed by atoms with van der Waals surface area (Å²) in [5.41, 5.74) is 1.43. The van der Waals surface area contributed by atoms with E-state index in [0.29, 0.717) is 11.5 Å². The fourth-order valence-corrected chi connectivity index (χ4v) is 3.48. The van der Waals surface area contributed by atoms with Crippen molar-refractivity contribution in [2.75, 3.05) is 0 Å². The maximum absolute atomic E-state index is 13.2. The maximum atomic E-state index is 13.2. The Morgan fingerprint density at radius 1 is 1.20 bits per heavy atom. The van der Waals surface area contributed by atoms with Crippen molar-refractivity contribution in [3.63, 3.8) is 0 Å². The lowest BCUT2D eigenvalue weighted by atomic mass is 9.71. The molecule has 0 amide bonds. The number of nitrogens with one attached hydrogen (secondary N) is 1. The molecule has 0 spiro atoms. The zero-order chi connectivity index (χ0) is 14.8. The van der Waals surface area contributed by atoms with Crippen LogP contribution in [0.1, 0.15) is 52.0 Å². The van der Waals surface area contributed by atoms with Gasteiger partial charge in [-0.1, -0.05) is 36.7 Å². The van der Waals surface area contributed by atoms with E-state index in [1.807, 2.05) is 0 Å². The number of halogens is 2. The lowest BCUT2D eigenvalue weighted by Gasteiger charge is -2.37. The monoisotopic (exact) mass is 341 g/mol. The largest absolute Gasteiger partial charge is 0.310 e. The molecule has 2 rings (SSSR count). The molecular formula is C17H25BrFN. The fraction of sp³-hybridized carbons (Fsp3) is 0.647. The lowest BCUT2D eigenvalue weighted by Crippen LogP contribution is -2.35. The molecule has 1 aliphatic rings. The molecule has 0 aromatic heterocycles. The summed E-state index contributed by atoms with van der Waals surface area (Å²) in [6.07, 6.45) is 5.06. The third kappa shape index (κ3) is 4.29. The molecule has 112 valence electrons. The van der Waals surface area contributed by atoms with Crippen LogP contribution in [0.15, 0.2) is 22.7 Å². The number of rotatable bonds is 3. The molecule has 0 atom stereocenters. The van der Waals surface area contributed by atoms with Gasteiger partial charge >= 0.3 is 0 Å². The Kier molecular flexibility index (Phi) is 5.25. The second kappa shape index (κ2) is 6.57. The van der Waals surface area contributed by atoms with Gasteiger partial charge in [-0.2, -0.15) is 0 Å². The van der Waals surface area contributed by atoms with Crippen molar-refractivity contribution in [2.24, 2.45) is 11.3 Å². The summed E-state index contributed by atoms with van der Waals surface area (Å²) in [7, 11) is 0. The minimum Gasteiger partial charge on any atom is -0.310 e. The van der Waals surface area contributed by atoms with Crippen LogP contribution in [-0.4, -0.2) is 6.04 Å². The van der Waals surface area contributed by atoms with Gasteiger partial charge in [-0.3, -0.25) is 0 Å². The highest BCUT2D eigenvalue weighted by Crippen LogP contribution is 2.37. The Hall–Kier alpha value is -0.410. The van der Waals surface area contributed by atoms with E-state index in [1.165, 1.54) is 31.7 Å². The van der Waals surface area contributed by atoms with Gasteiger partial charge in [-0.15, -0.1) is 0 Å². The first kappa shape index (κ1) is 16.0. The summed E-state index contributed by atoms with van der Waals surface area (Å²) in [4.78, 5) is 0. The van der Waals surface area contributed by atoms with Crippen LogP contribution in [0.5, 0.6) is 0 Å². The van der Waals surface area contributed by atoms with Crippen LogP contribution in [0, 0.1) is 17.2 Å². The second-order valence-electron chi connectivity index (χ2n) is 7.03. The number of benzene rings is 1.